The van der Waals surface area contributed by atoms with Gasteiger partial charge in [-0.3, -0.25) is 14.6 Å². The normalized spacial score (nSPS) is 16.4. The molecule has 3 rings (SSSR count). The van der Waals surface area contributed by atoms with Crippen LogP contribution in [-0.4, -0.2) is 84.3 Å². The third-order valence-electron chi connectivity index (χ3n) is 5.51. The van der Waals surface area contributed by atoms with Crippen molar-refractivity contribution < 1.29 is 4.39 Å². The van der Waals surface area contributed by atoms with E-state index >= 15 is 0 Å². The monoisotopic (exact) mass is 563 g/mol. The first-order valence-corrected chi connectivity index (χ1v) is 10.5. The van der Waals surface area contributed by atoms with Crippen molar-refractivity contribution in [2.24, 2.45) is 12.0 Å². The van der Waals surface area contributed by atoms with Crippen molar-refractivity contribution in [3.05, 3.63) is 52.6 Å². The SMILES string of the molecule is CN=C(NCC(c1cnn(C)c1)N(C)C)N1CCN(Cc2c(F)cccc2Cl)CC1.I. The highest BCUT2D eigenvalue weighted by Crippen LogP contribution is 2.21. The maximum absolute atomic E-state index is 14.1. The number of aromatic nitrogens is 2. The molecule has 0 saturated carbocycles. The molecule has 1 aliphatic rings. The Morgan fingerprint density at radius 2 is 2.00 bits per heavy atom. The minimum absolute atomic E-state index is 0. The molecule has 1 aromatic heterocycles. The third kappa shape index (κ3) is 6.77. The zero-order chi connectivity index (χ0) is 21.7. The van der Waals surface area contributed by atoms with Crippen LogP contribution >= 0.6 is 35.6 Å². The Kier molecular flexibility index (Phi) is 9.98. The average Bonchev–Trinajstić information content (AvgIpc) is 3.14. The maximum atomic E-state index is 14.1. The number of aryl methyl sites for hydroxylation is 1. The molecular weight excluding hydrogens is 532 g/mol. The first-order chi connectivity index (χ1) is 14.4. The van der Waals surface area contributed by atoms with Crippen LogP contribution in [0.1, 0.15) is 17.2 Å². The first kappa shape index (κ1) is 25.8. The predicted molar refractivity (Wildman–Crippen MR) is 135 cm³/mol. The van der Waals surface area contributed by atoms with Gasteiger partial charge in [-0.2, -0.15) is 5.10 Å². The summed E-state index contributed by atoms with van der Waals surface area (Å²) < 4.78 is 15.9. The molecule has 0 bridgehead atoms. The second kappa shape index (κ2) is 12.0. The number of piperazine rings is 1. The van der Waals surface area contributed by atoms with E-state index in [1.165, 1.54) is 6.07 Å². The predicted octanol–water partition coefficient (Wildman–Crippen LogP) is 2.83. The van der Waals surface area contributed by atoms with E-state index in [9.17, 15) is 4.39 Å². The molecule has 172 valence electrons. The van der Waals surface area contributed by atoms with E-state index in [0.29, 0.717) is 17.1 Å². The molecule has 1 fully saturated rings. The molecule has 0 spiro atoms. The van der Waals surface area contributed by atoms with Gasteiger partial charge in [-0.25, -0.2) is 4.39 Å². The Hall–Kier alpha value is -1.43. The number of rotatable bonds is 6. The van der Waals surface area contributed by atoms with Gasteiger partial charge in [0.25, 0.3) is 0 Å². The molecule has 1 atom stereocenters. The second-order valence-electron chi connectivity index (χ2n) is 7.82. The van der Waals surface area contributed by atoms with Crippen molar-refractivity contribution in [2.45, 2.75) is 12.6 Å². The van der Waals surface area contributed by atoms with Gasteiger partial charge in [-0.1, -0.05) is 17.7 Å². The zero-order valence-electron chi connectivity index (χ0n) is 18.6. The van der Waals surface area contributed by atoms with Crippen LogP contribution in [0.3, 0.4) is 0 Å². The van der Waals surface area contributed by atoms with Crippen LogP contribution in [0.25, 0.3) is 0 Å². The van der Waals surface area contributed by atoms with Crippen molar-refractivity contribution in [3.63, 3.8) is 0 Å². The molecule has 1 unspecified atom stereocenters. The van der Waals surface area contributed by atoms with Crippen LogP contribution in [0.5, 0.6) is 0 Å². The van der Waals surface area contributed by atoms with E-state index < -0.39 is 0 Å². The summed E-state index contributed by atoms with van der Waals surface area (Å²) in [6, 6.07) is 5.04. The molecule has 1 aromatic carbocycles. The Labute approximate surface area is 206 Å². The van der Waals surface area contributed by atoms with Gasteiger partial charge in [0.15, 0.2) is 5.96 Å². The van der Waals surface area contributed by atoms with Gasteiger partial charge in [-0.15, -0.1) is 24.0 Å². The highest BCUT2D eigenvalue weighted by Gasteiger charge is 2.23. The lowest BCUT2D eigenvalue weighted by Gasteiger charge is -2.37. The second-order valence-corrected chi connectivity index (χ2v) is 8.23. The molecule has 0 aliphatic carbocycles. The van der Waals surface area contributed by atoms with Crippen LogP contribution in [-0.2, 0) is 13.6 Å². The van der Waals surface area contributed by atoms with E-state index in [1.807, 2.05) is 31.2 Å². The number of hydrogen-bond donors (Lipinski definition) is 1. The van der Waals surface area contributed by atoms with Gasteiger partial charge in [0, 0.05) is 75.7 Å². The Morgan fingerprint density at radius 1 is 1.29 bits per heavy atom. The minimum atomic E-state index is -0.243. The summed E-state index contributed by atoms with van der Waals surface area (Å²) in [5.41, 5.74) is 1.73. The van der Waals surface area contributed by atoms with Crippen LogP contribution in [0.2, 0.25) is 5.02 Å². The molecule has 31 heavy (non-hydrogen) atoms. The summed E-state index contributed by atoms with van der Waals surface area (Å²) in [6.07, 6.45) is 3.95. The fourth-order valence-corrected chi connectivity index (χ4v) is 3.98. The molecule has 10 heteroatoms. The van der Waals surface area contributed by atoms with Crippen LogP contribution < -0.4 is 5.32 Å². The van der Waals surface area contributed by atoms with E-state index in [0.717, 1.165) is 44.2 Å². The van der Waals surface area contributed by atoms with Crippen LogP contribution in [0, 0.1) is 5.82 Å². The van der Waals surface area contributed by atoms with Gasteiger partial charge < -0.3 is 15.1 Å². The lowest BCUT2D eigenvalue weighted by molar-refractivity contribution is 0.170. The maximum Gasteiger partial charge on any atom is 0.193 e. The van der Waals surface area contributed by atoms with Crippen molar-refractivity contribution >= 4 is 41.5 Å². The number of nitrogens with one attached hydrogen (secondary N) is 1. The van der Waals surface area contributed by atoms with E-state index in [4.69, 9.17) is 11.6 Å². The highest BCUT2D eigenvalue weighted by atomic mass is 127. The fourth-order valence-electron chi connectivity index (χ4n) is 3.76. The summed E-state index contributed by atoms with van der Waals surface area (Å²) in [5, 5.41) is 8.29. The fraction of sp³-hybridized carbons (Fsp3) is 0.524. The van der Waals surface area contributed by atoms with Gasteiger partial charge in [0.05, 0.1) is 12.2 Å². The largest absolute Gasteiger partial charge is 0.354 e. The van der Waals surface area contributed by atoms with Gasteiger partial charge >= 0.3 is 0 Å². The standard InChI is InChI=1S/C21H31ClFN7.HI/c1-24-21(25-13-20(27(2)3)16-12-26-28(4)14-16)30-10-8-29(9-11-30)15-17-18(22)6-5-7-19(17)23;/h5-7,12,14,20H,8-11,13,15H2,1-4H3,(H,24,25);1H. The number of nitrogens with zero attached hydrogens (tertiary/aromatic N) is 6. The summed E-state index contributed by atoms with van der Waals surface area (Å²) in [6.45, 7) is 4.55. The lowest BCUT2D eigenvalue weighted by Crippen LogP contribution is -2.53. The van der Waals surface area contributed by atoms with Gasteiger partial charge in [0.2, 0.25) is 0 Å². The number of guanidine groups is 1. The molecular formula is C21H32ClFIN7. The molecule has 0 radical (unpaired) electrons. The van der Waals surface area contributed by atoms with Crippen molar-refractivity contribution in [3.8, 4) is 0 Å². The summed E-state index contributed by atoms with van der Waals surface area (Å²) in [7, 11) is 7.86. The Balaban J connectivity index is 0.00000341. The highest BCUT2D eigenvalue weighted by molar-refractivity contribution is 14.0. The molecule has 1 saturated heterocycles. The van der Waals surface area contributed by atoms with Crippen molar-refractivity contribution in [1.29, 1.82) is 0 Å². The van der Waals surface area contributed by atoms with Gasteiger partial charge in [0.1, 0.15) is 5.82 Å². The summed E-state index contributed by atoms with van der Waals surface area (Å²) >= 11 is 6.18. The number of hydrogen-bond acceptors (Lipinski definition) is 4. The number of halogens is 3. The quantitative estimate of drug-likeness (QED) is 0.333. The lowest BCUT2D eigenvalue weighted by atomic mass is 10.1. The Morgan fingerprint density at radius 3 is 2.55 bits per heavy atom. The number of likely N-dealkylation sites (N-methyl/N-ethyl adjacent to an activating group) is 1. The topological polar surface area (TPSA) is 51.9 Å². The van der Waals surface area contributed by atoms with Gasteiger partial charge in [-0.05, 0) is 26.2 Å². The van der Waals surface area contributed by atoms with E-state index in [1.54, 1.807) is 12.1 Å². The molecule has 7 nitrogen and oxygen atoms in total. The molecule has 1 aliphatic heterocycles. The molecule has 2 aromatic rings. The van der Waals surface area contributed by atoms with Crippen molar-refractivity contribution in [2.75, 3.05) is 53.9 Å². The van der Waals surface area contributed by atoms with Crippen molar-refractivity contribution in [1.82, 2.24) is 29.8 Å². The average molecular weight is 564 g/mol. The summed E-state index contributed by atoms with van der Waals surface area (Å²) in [4.78, 5) is 11.1. The molecule has 1 N–H and O–H groups in total. The molecule has 2 heterocycles. The third-order valence-corrected chi connectivity index (χ3v) is 5.87. The number of aliphatic imine (C=N–C) groups is 1. The van der Waals surface area contributed by atoms with Crippen LogP contribution in [0.4, 0.5) is 4.39 Å². The van der Waals surface area contributed by atoms with Crippen LogP contribution in [0.15, 0.2) is 35.6 Å². The minimum Gasteiger partial charge on any atom is -0.354 e. The van der Waals surface area contributed by atoms with E-state index in [-0.39, 0.29) is 35.8 Å². The first-order valence-electron chi connectivity index (χ1n) is 10.1. The summed E-state index contributed by atoms with van der Waals surface area (Å²) in [5.74, 6) is 0.641. The number of benzene rings is 1. The smallest absolute Gasteiger partial charge is 0.193 e. The van der Waals surface area contributed by atoms with E-state index in [2.05, 4.69) is 44.2 Å². The molecule has 0 amide bonds. The Bertz CT molecular complexity index is 845. The zero-order valence-corrected chi connectivity index (χ0v) is 21.6.